The number of carbonyl (C=O) groups is 1. The third-order valence-corrected chi connectivity index (χ3v) is 2.54. The largest absolute Gasteiger partial charge is 0.758 e. The smallest absolute Gasteiger partial charge is 0.337 e. The van der Waals surface area contributed by atoms with Gasteiger partial charge < -0.3 is 19.7 Å². The van der Waals surface area contributed by atoms with Crippen LogP contribution in [0.4, 0.5) is 5.69 Å². The summed E-state index contributed by atoms with van der Waals surface area (Å²) in [6, 6.07) is 4.67. The van der Waals surface area contributed by atoms with Crippen LogP contribution in [-0.2, 0) is 4.74 Å². The fourth-order valence-corrected chi connectivity index (χ4v) is 1.48. The molecular formula is C12H14NO4-. The van der Waals surface area contributed by atoms with Crippen LogP contribution in [0.25, 0.3) is 0 Å². The zero-order chi connectivity index (χ0) is 12.4. The van der Waals surface area contributed by atoms with E-state index in [0.29, 0.717) is 17.0 Å². The van der Waals surface area contributed by atoms with Gasteiger partial charge in [0.25, 0.3) is 0 Å². The van der Waals surface area contributed by atoms with Crippen LogP contribution in [0.3, 0.4) is 0 Å². The maximum atomic E-state index is 11.4. The Morgan fingerprint density at radius 1 is 1.47 bits per heavy atom. The van der Waals surface area contributed by atoms with Gasteiger partial charge in [-0.05, 0) is 38.1 Å². The molecule has 0 saturated heterocycles. The highest BCUT2D eigenvalue weighted by Crippen LogP contribution is 2.34. The van der Waals surface area contributed by atoms with Crippen LogP contribution in [0.2, 0.25) is 0 Å². The number of hydrogen-bond acceptors (Lipinski definition) is 5. The summed E-state index contributed by atoms with van der Waals surface area (Å²) in [4.78, 5) is 11.4. The van der Waals surface area contributed by atoms with E-state index in [0.717, 1.165) is 17.9 Å². The fraction of sp³-hybridized carbons (Fsp3) is 0.417. The van der Waals surface area contributed by atoms with Crippen LogP contribution in [0.1, 0.15) is 23.2 Å². The quantitative estimate of drug-likeness (QED) is 0.590. The van der Waals surface area contributed by atoms with Gasteiger partial charge in [-0.25, -0.2) is 4.79 Å². The molecule has 0 N–H and O–H groups in total. The third-order valence-electron chi connectivity index (χ3n) is 2.54. The van der Waals surface area contributed by atoms with E-state index < -0.39 is 5.97 Å². The average Bonchev–Trinajstić information content (AvgIpc) is 3.11. The second-order valence-corrected chi connectivity index (χ2v) is 3.99. The van der Waals surface area contributed by atoms with Crippen LogP contribution in [0.15, 0.2) is 18.2 Å². The van der Waals surface area contributed by atoms with Crippen molar-refractivity contribution >= 4 is 11.7 Å². The van der Waals surface area contributed by atoms with Gasteiger partial charge >= 0.3 is 5.97 Å². The molecule has 1 saturated carbocycles. The Morgan fingerprint density at radius 2 is 2.18 bits per heavy atom. The third kappa shape index (κ3) is 2.68. The van der Waals surface area contributed by atoms with Crippen molar-refractivity contribution in [2.45, 2.75) is 18.9 Å². The molecule has 1 aliphatic rings. The topological polar surface area (TPSA) is 61.8 Å². The lowest BCUT2D eigenvalue weighted by Crippen LogP contribution is -2.11. The molecule has 1 aromatic carbocycles. The highest BCUT2D eigenvalue weighted by molar-refractivity contribution is 5.90. The van der Waals surface area contributed by atoms with Gasteiger partial charge in [0.15, 0.2) is 0 Å². The molecule has 1 aromatic rings. The molecule has 5 nitrogen and oxygen atoms in total. The summed E-state index contributed by atoms with van der Waals surface area (Å²) in [5.74, 6) is -0.00125. The Bertz CT molecular complexity index is 427. The highest BCUT2D eigenvalue weighted by atomic mass is 16.5. The van der Waals surface area contributed by atoms with Gasteiger partial charge in [-0.1, -0.05) is 0 Å². The Hall–Kier alpha value is -1.75. The summed E-state index contributed by atoms with van der Waals surface area (Å²) in [5, 5.41) is 12.1. The molecule has 0 bridgehead atoms. The number of esters is 1. The number of anilines is 1. The SMILES string of the molecule is COC(=O)c1ccc(N(C)[O-])c(OC2CC2)c1. The monoisotopic (exact) mass is 236 g/mol. The van der Waals surface area contributed by atoms with Gasteiger partial charge in [0, 0.05) is 0 Å². The molecule has 1 aliphatic carbocycles. The summed E-state index contributed by atoms with van der Waals surface area (Å²) in [6.07, 6.45) is 2.15. The van der Waals surface area contributed by atoms with Crippen molar-refractivity contribution in [1.29, 1.82) is 0 Å². The number of ether oxygens (including phenoxy) is 2. The molecule has 2 rings (SSSR count). The maximum absolute atomic E-state index is 11.4. The number of rotatable bonds is 4. The number of nitrogens with zero attached hydrogens (tertiary/aromatic N) is 1. The first-order valence-corrected chi connectivity index (χ1v) is 5.41. The van der Waals surface area contributed by atoms with Gasteiger partial charge in [0.2, 0.25) is 0 Å². The van der Waals surface area contributed by atoms with Crippen molar-refractivity contribution in [2.24, 2.45) is 0 Å². The Morgan fingerprint density at radius 3 is 2.71 bits per heavy atom. The van der Waals surface area contributed by atoms with Crippen LogP contribution >= 0.6 is 0 Å². The summed E-state index contributed by atoms with van der Waals surface area (Å²) in [5.41, 5.74) is 0.804. The Labute approximate surface area is 99.5 Å². The van der Waals surface area contributed by atoms with Gasteiger partial charge in [-0.15, -0.1) is 0 Å². The average molecular weight is 236 g/mol. The van der Waals surface area contributed by atoms with Gasteiger partial charge in [0.05, 0.1) is 24.5 Å². The van der Waals surface area contributed by atoms with E-state index in [1.54, 1.807) is 18.2 Å². The number of carbonyl (C=O) groups excluding carboxylic acids is 1. The molecule has 1 fully saturated rings. The summed E-state index contributed by atoms with van der Waals surface area (Å²) in [7, 11) is 2.71. The molecule has 0 radical (unpaired) electrons. The fourth-order valence-electron chi connectivity index (χ4n) is 1.48. The molecule has 0 aromatic heterocycles. The zero-order valence-corrected chi connectivity index (χ0v) is 9.80. The molecule has 0 spiro atoms. The summed E-state index contributed by atoms with van der Waals surface area (Å²) >= 11 is 0. The molecule has 0 aliphatic heterocycles. The first-order valence-electron chi connectivity index (χ1n) is 5.41. The van der Waals surface area contributed by atoms with Crippen LogP contribution in [-0.4, -0.2) is 26.2 Å². The number of hydrogen-bond donors (Lipinski definition) is 0. The van der Waals surface area contributed by atoms with E-state index in [1.165, 1.54) is 14.2 Å². The summed E-state index contributed by atoms with van der Waals surface area (Å²) in [6.45, 7) is 0. The van der Waals surface area contributed by atoms with Crippen LogP contribution < -0.4 is 9.80 Å². The number of benzene rings is 1. The molecule has 5 heteroatoms. The molecule has 0 heterocycles. The minimum atomic E-state index is -0.439. The molecule has 0 amide bonds. The van der Waals surface area contributed by atoms with E-state index in [4.69, 9.17) is 4.74 Å². The number of methoxy groups -OCH3 is 1. The molecule has 92 valence electrons. The molecular weight excluding hydrogens is 222 g/mol. The first kappa shape index (κ1) is 11.7. The Kier molecular flexibility index (Phi) is 3.19. The molecule has 0 atom stereocenters. The normalized spacial score (nSPS) is 14.3. The minimum absolute atomic E-state index is 0.168. The van der Waals surface area contributed by atoms with Crippen molar-refractivity contribution in [1.82, 2.24) is 0 Å². The van der Waals surface area contributed by atoms with E-state index >= 15 is 0 Å². The predicted molar refractivity (Wildman–Crippen MR) is 63.2 cm³/mol. The second kappa shape index (κ2) is 4.63. The van der Waals surface area contributed by atoms with Crippen LogP contribution in [0, 0.1) is 5.21 Å². The van der Waals surface area contributed by atoms with Gasteiger partial charge in [-0.3, -0.25) is 0 Å². The first-order chi connectivity index (χ1) is 8.11. The zero-order valence-electron chi connectivity index (χ0n) is 9.80. The molecule has 0 unspecified atom stereocenters. The number of hydroxylamine groups is 1. The lowest BCUT2D eigenvalue weighted by molar-refractivity contribution is 0.0600. The van der Waals surface area contributed by atoms with E-state index in [2.05, 4.69) is 4.74 Å². The van der Waals surface area contributed by atoms with Crippen molar-refractivity contribution < 1.29 is 14.3 Å². The summed E-state index contributed by atoms with van der Waals surface area (Å²) < 4.78 is 10.2. The maximum Gasteiger partial charge on any atom is 0.337 e. The lowest BCUT2D eigenvalue weighted by Gasteiger charge is -2.27. The highest BCUT2D eigenvalue weighted by Gasteiger charge is 2.25. The van der Waals surface area contributed by atoms with E-state index in [-0.39, 0.29) is 6.10 Å². The van der Waals surface area contributed by atoms with Crippen molar-refractivity contribution in [3.05, 3.63) is 29.0 Å². The van der Waals surface area contributed by atoms with Crippen molar-refractivity contribution in [2.75, 3.05) is 19.2 Å². The van der Waals surface area contributed by atoms with Crippen LogP contribution in [0.5, 0.6) is 5.75 Å². The standard InChI is InChI=1S/C12H14NO4/c1-13(15)10-6-3-8(12(14)16-2)7-11(10)17-9-4-5-9/h3,6-7,9H,4-5H2,1-2H3/q-1. The predicted octanol–water partition coefficient (Wildman–Crippen LogP) is 1.95. The molecule has 17 heavy (non-hydrogen) atoms. The van der Waals surface area contributed by atoms with E-state index in [1.807, 2.05) is 0 Å². The second-order valence-electron chi connectivity index (χ2n) is 3.99. The lowest BCUT2D eigenvalue weighted by atomic mass is 10.2. The Balaban J connectivity index is 2.30. The van der Waals surface area contributed by atoms with Crippen molar-refractivity contribution in [3.8, 4) is 5.75 Å². The van der Waals surface area contributed by atoms with Gasteiger partial charge in [-0.2, -0.15) is 0 Å². The minimum Gasteiger partial charge on any atom is -0.758 e. The van der Waals surface area contributed by atoms with Gasteiger partial charge in [0.1, 0.15) is 5.75 Å². The van der Waals surface area contributed by atoms with E-state index in [9.17, 15) is 10.0 Å². The van der Waals surface area contributed by atoms with Crippen molar-refractivity contribution in [3.63, 3.8) is 0 Å².